The molecule has 9 aliphatic rings. The summed E-state index contributed by atoms with van der Waals surface area (Å²) in [6.45, 7) is 0. The van der Waals surface area contributed by atoms with E-state index in [0.29, 0.717) is 17.3 Å². The summed E-state index contributed by atoms with van der Waals surface area (Å²) < 4.78 is 0. The average Bonchev–Trinajstić information content (AvgIpc) is 3.59. The van der Waals surface area contributed by atoms with Crippen molar-refractivity contribution in [1.29, 1.82) is 0 Å². The van der Waals surface area contributed by atoms with E-state index in [2.05, 4.69) is 12.2 Å². The predicted octanol–water partition coefficient (Wildman–Crippen LogP) is 4.51. The van der Waals surface area contributed by atoms with Gasteiger partial charge in [-0.3, -0.25) is 0 Å². The zero-order valence-electron chi connectivity index (χ0n) is 18.2. The zero-order valence-corrected chi connectivity index (χ0v) is 18.2. The lowest BCUT2D eigenvalue weighted by Gasteiger charge is -2.61. The Labute approximate surface area is 180 Å². The van der Waals surface area contributed by atoms with Crippen LogP contribution in [0.3, 0.4) is 0 Å². The van der Waals surface area contributed by atoms with Crippen molar-refractivity contribution in [2.75, 3.05) is 0 Å². The summed E-state index contributed by atoms with van der Waals surface area (Å²) in [6, 6.07) is 0. The van der Waals surface area contributed by atoms with E-state index in [1.165, 1.54) is 44.9 Å². The van der Waals surface area contributed by atoms with Gasteiger partial charge >= 0.3 is 0 Å². The number of hydrogen-bond acceptors (Lipinski definition) is 2. The van der Waals surface area contributed by atoms with Crippen molar-refractivity contribution < 1.29 is 10.2 Å². The number of rotatable bonds is 1. The molecule has 2 N–H and O–H groups in total. The molecule has 16 atom stereocenters. The van der Waals surface area contributed by atoms with E-state index < -0.39 is 12.2 Å². The topological polar surface area (TPSA) is 40.5 Å². The lowest BCUT2D eigenvalue weighted by Crippen LogP contribution is -2.59. The third kappa shape index (κ3) is 1.55. The third-order valence-electron chi connectivity index (χ3n) is 13.9. The monoisotopic (exact) mass is 406 g/mol. The van der Waals surface area contributed by atoms with E-state index in [0.717, 1.165) is 77.4 Å². The van der Waals surface area contributed by atoms with Gasteiger partial charge in [-0.2, -0.15) is 0 Å². The first-order chi connectivity index (χ1) is 14.7. The summed E-state index contributed by atoms with van der Waals surface area (Å²) in [5, 5.41) is 21.7. The summed E-state index contributed by atoms with van der Waals surface area (Å²) >= 11 is 0. The summed E-state index contributed by atoms with van der Waals surface area (Å²) in [5.41, 5.74) is 0.644. The molecular weight excluding hydrogens is 368 g/mol. The van der Waals surface area contributed by atoms with Gasteiger partial charge in [-0.05, 0) is 127 Å². The molecule has 162 valence electrons. The van der Waals surface area contributed by atoms with Gasteiger partial charge in [0.1, 0.15) is 0 Å². The van der Waals surface area contributed by atoms with Crippen molar-refractivity contribution in [2.45, 2.75) is 70.0 Å². The molecule has 0 aromatic carbocycles. The van der Waals surface area contributed by atoms with Gasteiger partial charge in [0.15, 0.2) is 0 Å². The molecule has 0 aromatic rings. The van der Waals surface area contributed by atoms with E-state index in [9.17, 15) is 10.2 Å². The largest absolute Gasteiger partial charge is 0.390 e. The van der Waals surface area contributed by atoms with Crippen molar-refractivity contribution >= 4 is 0 Å². The quantitative estimate of drug-likeness (QED) is 0.497. The van der Waals surface area contributed by atoms with Gasteiger partial charge in [-0.1, -0.05) is 31.4 Å². The second-order valence-corrected chi connectivity index (χ2v) is 13.7. The maximum absolute atomic E-state index is 10.9. The highest BCUT2D eigenvalue weighted by Gasteiger charge is 2.82. The van der Waals surface area contributed by atoms with Gasteiger partial charge in [0.25, 0.3) is 0 Å². The predicted molar refractivity (Wildman–Crippen MR) is 114 cm³/mol. The Kier molecular flexibility index (Phi) is 3.00. The summed E-state index contributed by atoms with van der Waals surface area (Å²) in [6.07, 6.45) is 17.6. The molecule has 9 aliphatic carbocycles. The minimum absolute atomic E-state index is 0.406. The lowest BCUT2D eigenvalue weighted by atomic mass is 9.43. The van der Waals surface area contributed by atoms with Crippen molar-refractivity contribution in [1.82, 2.24) is 0 Å². The number of fused-ring (bicyclic) bond motifs is 23. The van der Waals surface area contributed by atoms with Crippen molar-refractivity contribution in [3.63, 3.8) is 0 Å². The Morgan fingerprint density at radius 3 is 2.00 bits per heavy atom. The molecular formula is C28H38O2. The van der Waals surface area contributed by atoms with Crippen LogP contribution >= 0.6 is 0 Å². The molecule has 0 saturated heterocycles. The van der Waals surface area contributed by atoms with Gasteiger partial charge in [0, 0.05) is 0 Å². The third-order valence-corrected chi connectivity index (χ3v) is 13.9. The number of aliphatic hydroxyl groups excluding tert-OH is 2. The molecule has 8 fully saturated rings. The molecule has 2 heteroatoms. The van der Waals surface area contributed by atoms with Crippen LogP contribution in [-0.4, -0.2) is 22.4 Å². The van der Waals surface area contributed by atoms with E-state index in [-0.39, 0.29) is 0 Å². The fourth-order valence-corrected chi connectivity index (χ4v) is 14.0. The fraction of sp³-hybridized carbons (Fsp3) is 0.929. The highest BCUT2D eigenvalue weighted by Crippen LogP contribution is 2.87. The second-order valence-electron chi connectivity index (χ2n) is 13.7. The Balaban J connectivity index is 1.21. The Morgan fingerprint density at radius 2 is 1.23 bits per heavy atom. The molecule has 30 heavy (non-hydrogen) atoms. The second kappa shape index (κ2) is 5.24. The van der Waals surface area contributed by atoms with Gasteiger partial charge in [0.2, 0.25) is 0 Å². The molecule has 0 aromatic heterocycles. The first-order valence-corrected chi connectivity index (χ1v) is 13.8. The molecule has 0 radical (unpaired) electrons. The maximum Gasteiger partial charge on any atom is 0.0833 e. The lowest BCUT2D eigenvalue weighted by molar-refractivity contribution is -0.161. The minimum Gasteiger partial charge on any atom is -0.390 e. The number of hydrogen-bond donors (Lipinski definition) is 2. The number of aliphatic hydroxyl groups is 2. The van der Waals surface area contributed by atoms with Crippen LogP contribution < -0.4 is 0 Å². The van der Waals surface area contributed by atoms with Crippen LogP contribution in [0.5, 0.6) is 0 Å². The summed E-state index contributed by atoms with van der Waals surface area (Å²) in [5.74, 6) is 12.1. The van der Waals surface area contributed by atoms with Gasteiger partial charge in [-0.25, -0.2) is 0 Å². The first-order valence-electron chi connectivity index (χ1n) is 13.8. The molecule has 0 aliphatic heterocycles. The molecule has 0 spiro atoms. The highest BCUT2D eigenvalue weighted by molar-refractivity contribution is 5.32. The Hall–Kier alpha value is -0.340. The smallest absolute Gasteiger partial charge is 0.0833 e. The van der Waals surface area contributed by atoms with Crippen molar-refractivity contribution in [2.24, 2.45) is 88.3 Å². The van der Waals surface area contributed by atoms with Crippen LogP contribution in [0, 0.1) is 88.3 Å². The molecule has 8 bridgehead atoms. The summed E-state index contributed by atoms with van der Waals surface area (Å²) in [7, 11) is 0. The normalized spacial score (nSPS) is 70.7. The zero-order chi connectivity index (χ0) is 19.5. The van der Waals surface area contributed by atoms with Crippen LogP contribution in [-0.2, 0) is 0 Å². The molecule has 0 amide bonds. The SMILES string of the molecule is OC1C(O)C2CC1C1C3CC(C21)C1(C2CCCCC2)C2CC(C4C5C=CC(C5)C42)C31. The minimum atomic E-state index is -0.408. The van der Waals surface area contributed by atoms with Crippen LogP contribution in [0.1, 0.15) is 57.8 Å². The van der Waals surface area contributed by atoms with Crippen molar-refractivity contribution in [3.8, 4) is 0 Å². The van der Waals surface area contributed by atoms with Gasteiger partial charge in [-0.15, -0.1) is 0 Å². The Bertz CT molecular complexity index is 828. The molecule has 9 rings (SSSR count). The van der Waals surface area contributed by atoms with Crippen molar-refractivity contribution in [3.05, 3.63) is 12.2 Å². The molecule has 8 saturated carbocycles. The summed E-state index contributed by atoms with van der Waals surface area (Å²) in [4.78, 5) is 0. The van der Waals surface area contributed by atoms with E-state index in [1.54, 1.807) is 6.42 Å². The van der Waals surface area contributed by atoms with Crippen LogP contribution in [0.2, 0.25) is 0 Å². The molecule has 16 unspecified atom stereocenters. The Morgan fingerprint density at radius 1 is 0.600 bits per heavy atom. The molecule has 2 nitrogen and oxygen atoms in total. The van der Waals surface area contributed by atoms with E-state index >= 15 is 0 Å². The van der Waals surface area contributed by atoms with Gasteiger partial charge in [0.05, 0.1) is 12.2 Å². The van der Waals surface area contributed by atoms with E-state index in [1.807, 2.05) is 0 Å². The van der Waals surface area contributed by atoms with Gasteiger partial charge < -0.3 is 10.2 Å². The van der Waals surface area contributed by atoms with E-state index in [4.69, 9.17) is 0 Å². The maximum atomic E-state index is 10.9. The fourth-order valence-electron chi connectivity index (χ4n) is 14.0. The van der Waals surface area contributed by atoms with Crippen LogP contribution in [0.25, 0.3) is 0 Å². The first kappa shape index (κ1) is 17.2. The van der Waals surface area contributed by atoms with Crippen LogP contribution in [0.15, 0.2) is 12.2 Å². The standard InChI is InChI=1S/C28H38O2/c29-26-17-9-18(27(26)30)24-20-11-16(23(17)24)25-15-10-19(22-13-7-6-12(8-13)21(15)22)28(20,25)14-4-2-1-3-5-14/h6-7,12-27,29-30H,1-5,8-11H2. The van der Waals surface area contributed by atoms with Crippen LogP contribution in [0.4, 0.5) is 0 Å². The molecule has 0 heterocycles. The number of allylic oxidation sites excluding steroid dienone is 2. The average molecular weight is 407 g/mol. The highest BCUT2D eigenvalue weighted by atomic mass is 16.3.